The molecule has 0 unspecified atom stereocenters. The Morgan fingerprint density at radius 2 is 2.04 bits per heavy atom. The number of thioether (sulfide) groups is 1. The Morgan fingerprint density at radius 1 is 1.23 bits per heavy atom. The van der Waals surface area contributed by atoms with E-state index < -0.39 is 0 Å². The van der Waals surface area contributed by atoms with E-state index >= 15 is 0 Å². The molecule has 136 valence electrons. The highest BCUT2D eigenvalue weighted by atomic mass is 32.2. The first-order valence-corrected chi connectivity index (χ1v) is 10.1. The predicted octanol–water partition coefficient (Wildman–Crippen LogP) is 4.42. The van der Waals surface area contributed by atoms with Crippen molar-refractivity contribution in [3.05, 3.63) is 42.0 Å². The van der Waals surface area contributed by atoms with E-state index in [0.29, 0.717) is 13.2 Å². The van der Waals surface area contributed by atoms with Crippen LogP contribution in [0.15, 0.2) is 47.1 Å². The van der Waals surface area contributed by atoms with Crippen LogP contribution in [0.3, 0.4) is 0 Å². The van der Waals surface area contributed by atoms with Gasteiger partial charge in [0.2, 0.25) is 0 Å². The minimum absolute atomic E-state index is 0.266. The highest BCUT2D eigenvalue weighted by Crippen LogP contribution is 2.38. The van der Waals surface area contributed by atoms with Gasteiger partial charge in [-0.2, -0.15) is 0 Å². The number of benzene rings is 1. The zero-order chi connectivity index (χ0) is 18.4. The molecule has 0 amide bonds. The van der Waals surface area contributed by atoms with E-state index in [0.717, 1.165) is 26.4 Å². The average Bonchev–Trinajstić information content (AvgIpc) is 3.11. The van der Waals surface area contributed by atoms with Gasteiger partial charge in [-0.1, -0.05) is 42.1 Å². The normalized spacial score (nSPS) is 12.2. The monoisotopic (exact) mass is 388 g/mol. The predicted molar refractivity (Wildman–Crippen MR) is 106 cm³/mol. The van der Waals surface area contributed by atoms with Gasteiger partial charge >= 0.3 is 5.97 Å². The molecule has 0 aliphatic carbocycles. The molecular weight excluding hydrogens is 368 g/mol. The lowest BCUT2D eigenvalue weighted by Gasteiger charge is -2.12. The number of esters is 1. The van der Waals surface area contributed by atoms with Crippen LogP contribution in [0.5, 0.6) is 0 Å². The summed E-state index contributed by atoms with van der Waals surface area (Å²) in [6.45, 7) is 5.04. The van der Waals surface area contributed by atoms with E-state index in [2.05, 4.69) is 27.5 Å². The lowest BCUT2D eigenvalue weighted by Crippen LogP contribution is -2.19. The number of hydrogen-bond donors (Lipinski definition) is 0. The summed E-state index contributed by atoms with van der Waals surface area (Å²) in [5.41, 5.74) is 2.20. The Hall–Kier alpha value is -1.96. The molecule has 0 bridgehead atoms. The van der Waals surface area contributed by atoms with Gasteiger partial charge in [0.15, 0.2) is 0 Å². The minimum Gasteiger partial charge on any atom is -0.462 e. The van der Waals surface area contributed by atoms with Crippen molar-refractivity contribution in [2.75, 3.05) is 19.8 Å². The Bertz CT molecular complexity index is 868. The second kappa shape index (κ2) is 9.12. The number of fused-ring (bicyclic) bond motifs is 1. The van der Waals surface area contributed by atoms with Crippen LogP contribution in [0.4, 0.5) is 0 Å². The SMILES string of the molecule is CCOCCOC(=O)[C@H](C)Sc1ncnc2scc(-c3ccccc3)c12. The van der Waals surface area contributed by atoms with Gasteiger partial charge in [-0.25, -0.2) is 9.97 Å². The quantitative estimate of drug-likeness (QED) is 0.246. The van der Waals surface area contributed by atoms with E-state index in [-0.39, 0.29) is 17.8 Å². The average molecular weight is 389 g/mol. The molecule has 0 saturated heterocycles. The molecular formula is C19H20N2O3S2. The van der Waals surface area contributed by atoms with E-state index in [1.54, 1.807) is 17.7 Å². The number of rotatable bonds is 8. The molecule has 0 spiro atoms. The van der Waals surface area contributed by atoms with Crippen molar-refractivity contribution < 1.29 is 14.3 Å². The Morgan fingerprint density at radius 3 is 2.81 bits per heavy atom. The summed E-state index contributed by atoms with van der Waals surface area (Å²) in [5.74, 6) is -0.266. The van der Waals surface area contributed by atoms with Crippen molar-refractivity contribution in [2.45, 2.75) is 24.1 Å². The fourth-order valence-corrected chi connectivity index (χ4v) is 4.36. The number of nitrogens with zero attached hydrogens (tertiary/aromatic N) is 2. The first kappa shape index (κ1) is 18.8. The number of hydrogen-bond acceptors (Lipinski definition) is 7. The van der Waals surface area contributed by atoms with E-state index in [4.69, 9.17) is 9.47 Å². The molecule has 0 aliphatic heterocycles. The lowest BCUT2D eigenvalue weighted by molar-refractivity contribution is -0.144. The van der Waals surface area contributed by atoms with Crippen LogP contribution in [0.1, 0.15) is 13.8 Å². The molecule has 26 heavy (non-hydrogen) atoms. The summed E-state index contributed by atoms with van der Waals surface area (Å²) in [4.78, 5) is 21.9. The standard InChI is InChI=1S/C19H20N2O3S2/c1-3-23-9-10-24-19(22)13(2)26-18-16-15(14-7-5-4-6-8-14)11-25-17(16)20-12-21-18/h4-8,11-13H,3,9-10H2,1-2H3/t13-/m0/s1. The zero-order valence-electron chi connectivity index (χ0n) is 14.7. The molecule has 3 rings (SSSR count). The van der Waals surface area contributed by atoms with Crippen LogP contribution in [0, 0.1) is 0 Å². The van der Waals surface area contributed by atoms with Crippen molar-refractivity contribution in [2.24, 2.45) is 0 Å². The fourth-order valence-electron chi connectivity index (χ4n) is 2.45. The fraction of sp³-hybridized carbons (Fsp3) is 0.316. The Kier molecular flexibility index (Phi) is 6.60. The Balaban J connectivity index is 1.80. The summed E-state index contributed by atoms with van der Waals surface area (Å²) in [7, 11) is 0. The number of carbonyl (C=O) groups is 1. The number of ether oxygens (including phenoxy) is 2. The van der Waals surface area contributed by atoms with Gasteiger partial charge in [-0.3, -0.25) is 4.79 Å². The van der Waals surface area contributed by atoms with Crippen molar-refractivity contribution in [1.82, 2.24) is 9.97 Å². The summed E-state index contributed by atoms with van der Waals surface area (Å²) < 4.78 is 10.5. The summed E-state index contributed by atoms with van der Waals surface area (Å²) in [6, 6.07) is 10.1. The van der Waals surface area contributed by atoms with Crippen LogP contribution in [-0.2, 0) is 14.3 Å². The van der Waals surface area contributed by atoms with Crippen molar-refractivity contribution in [3.63, 3.8) is 0 Å². The van der Waals surface area contributed by atoms with Gasteiger partial charge < -0.3 is 9.47 Å². The largest absolute Gasteiger partial charge is 0.462 e. The van der Waals surface area contributed by atoms with Gasteiger partial charge in [0.05, 0.1) is 12.0 Å². The molecule has 1 atom stereocenters. The van der Waals surface area contributed by atoms with Crippen LogP contribution in [0.2, 0.25) is 0 Å². The maximum absolute atomic E-state index is 12.2. The summed E-state index contributed by atoms with van der Waals surface area (Å²) >= 11 is 2.98. The second-order valence-corrected chi connectivity index (χ2v) is 7.69. The van der Waals surface area contributed by atoms with Gasteiger partial charge in [0.25, 0.3) is 0 Å². The third-order valence-electron chi connectivity index (χ3n) is 3.72. The molecule has 0 fully saturated rings. The molecule has 2 heterocycles. The number of aromatic nitrogens is 2. The molecule has 0 N–H and O–H groups in total. The van der Waals surface area contributed by atoms with Crippen LogP contribution in [-0.4, -0.2) is 41.0 Å². The molecule has 3 aromatic rings. The van der Waals surface area contributed by atoms with Crippen molar-refractivity contribution in [3.8, 4) is 11.1 Å². The molecule has 7 heteroatoms. The minimum atomic E-state index is -0.363. The van der Waals surface area contributed by atoms with Gasteiger partial charge in [0, 0.05) is 17.6 Å². The third-order valence-corrected chi connectivity index (χ3v) is 5.68. The van der Waals surface area contributed by atoms with E-state index in [1.165, 1.54) is 11.8 Å². The summed E-state index contributed by atoms with van der Waals surface area (Å²) in [5, 5.41) is 3.51. The van der Waals surface area contributed by atoms with Crippen LogP contribution in [0.25, 0.3) is 21.3 Å². The highest BCUT2D eigenvalue weighted by molar-refractivity contribution is 8.00. The topological polar surface area (TPSA) is 61.3 Å². The first-order chi connectivity index (χ1) is 12.7. The van der Waals surface area contributed by atoms with Crippen LogP contribution < -0.4 is 0 Å². The highest BCUT2D eigenvalue weighted by Gasteiger charge is 2.20. The lowest BCUT2D eigenvalue weighted by atomic mass is 10.1. The molecule has 1 aromatic carbocycles. The first-order valence-electron chi connectivity index (χ1n) is 8.39. The van der Waals surface area contributed by atoms with E-state index in [9.17, 15) is 4.79 Å². The molecule has 2 aromatic heterocycles. The van der Waals surface area contributed by atoms with Crippen LogP contribution >= 0.6 is 23.1 Å². The number of thiophene rings is 1. The van der Waals surface area contributed by atoms with Gasteiger partial charge in [-0.05, 0) is 19.4 Å². The molecule has 0 saturated carbocycles. The maximum Gasteiger partial charge on any atom is 0.319 e. The smallest absolute Gasteiger partial charge is 0.319 e. The Labute approximate surface area is 160 Å². The number of carbonyl (C=O) groups excluding carboxylic acids is 1. The molecule has 0 aliphatic rings. The summed E-state index contributed by atoms with van der Waals surface area (Å²) in [6.07, 6.45) is 1.54. The van der Waals surface area contributed by atoms with E-state index in [1.807, 2.05) is 32.0 Å². The zero-order valence-corrected chi connectivity index (χ0v) is 16.3. The van der Waals surface area contributed by atoms with Gasteiger partial charge in [-0.15, -0.1) is 11.3 Å². The molecule has 5 nitrogen and oxygen atoms in total. The molecule has 0 radical (unpaired) electrons. The van der Waals surface area contributed by atoms with Gasteiger partial charge in [0.1, 0.15) is 28.0 Å². The maximum atomic E-state index is 12.2. The second-order valence-electron chi connectivity index (χ2n) is 5.50. The van der Waals surface area contributed by atoms with Crippen molar-refractivity contribution >= 4 is 39.3 Å². The van der Waals surface area contributed by atoms with Crippen molar-refractivity contribution in [1.29, 1.82) is 0 Å². The third kappa shape index (κ3) is 4.41.